The first kappa shape index (κ1) is 20.6. The van der Waals surface area contributed by atoms with Crippen molar-refractivity contribution < 1.29 is 14.2 Å². The van der Waals surface area contributed by atoms with Gasteiger partial charge in [-0.3, -0.25) is 5.43 Å². The summed E-state index contributed by atoms with van der Waals surface area (Å²) >= 11 is 6.13. The van der Waals surface area contributed by atoms with E-state index >= 15 is 0 Å². The molecule has 0 aliphatic heterocycles. The van der Waals surface area contributed by atoms with E-state index < -0.39 is 0 Å². The molecule has 150 valence electrons. The molecule has 0 spiro atoms. The van der Waals surface area contributed by atoms with Gasteiger partial charge in [-0.1, -0.05) is 41.4 Å². The number of halogens is 1. The van der Waals surface area contributed by atoms with E-state index in [4.69, 9.17) is 25.8 Å². The zero-order valence-electron chi connectivity index (χ0n) is 16.6. The minimum atomic E-state index is 0.458. The van der Waals surface area contributed by atoms with Crippen LogP contribution in [-0.4, -0.2) is 20.4 Å². The van der Waals surface area contributed by atoms with Crippen molar-refractivity contribution in [2.75, 3.05) is 19.6 Å². The highest BCUT2D eigenvalue weighted by atomic mass is 35.5. The summed E-state index contributed by atoms with van der Waals surface area (Å²) in [5, 5.41) is 4.78. The number of aryl methyl sites for hydroxylation is 1. The Morgan fingerprint density at radius 1 is 0.897 bits per heavy atom. The lowest BCUT2D eigenvalue weighted by Gasteiger charge is -2.11. The zero-order valence-corrected chi connectivity index (χ0v) is 17.4. The van der Waals surface area contributed by atoms with Crippen LogP contribution in [-0.2, 0) is 6.61 Å². The molecule has 3 rings (SSSR count). The topological polar surface area (TPSA) is 52.1 Å². The smallest absolute Gasteiger partial charge is 0.162 e. The van der Waals surface area contributed by atoms with Gasteiger partial charge in [-0.25, -0.2) is 0 Å². The monoisotopic (exact) mass is 410 g/mol. The van der Waals surface area contributed by atoms with Gasteiger partial charge in [0, 0.05) is 0 Å². The highest BCUT2D eigenvalue weighted by molar-refractivity contribution is 6.32. The number of benzene rings is 3. The highest BCUT2D eigenvalue weighted by Gasteiger charge is 2.06. The molecule has 0 fully saturated rings. The highest BCUT2D eigenvalue weighted by Crippen LogP contribution is 2.29. The maximum absolute atomic E-state index is 6.13. The number of rotatable bonds is 8. The predicted octanol–water partition coefficient (Wildman–Crippen LogP) is 5.69. The minimum Gasteiger partial charge on any atom is -0.495 e. The number of hydrogen-bond donors (Lipinski definition) is 1. The summed E-state index contributed by atoms with van der Waals surface area (Å²) in [7, 11) is 3.20. The molecule has 5 nitrogen and oxygen atoms in total. The predicted molar refractivity (Wildman–Crippen MR) is 118 cm³/mol. The molecule has 0 aliphatic rings. The third-order valence-corrected chi connectivity index (χ3v) is 4.56. The Labute approximate surface area is 175 Å². The summed E-state index contributed by atoms with van der Waals surface area (Å²) in [6, 6.07) is 19.3. The van der Waals surface area contributed by atoms with Crippen molar-refractivity contribution in [2.45, 2.75) is 13.5 Å². The normalized spacial score (nSPS) is 10.8. The molecule has 0 atom stereocenters. The summed E-state index contributed by atoms with van der Waals surface area (Å²) in [4.78, 5) is 0. The second-order valence-electron chi connectivity index (χ2n) is 6.40. The molecule has 0 aliphatic carbocycles. The summed E-state index contributed by atoms with van der Waals surface area (Å²) in [5.74, 6) is 1.94. The third kappa shape index (κ3) is 5.65. The number of hydrazone groups is 1. The Bertz CT molecular complexity index is 988. The molecule has 0 aromatic heterocycles. The Morgan fingerprint density at radius 3 is 2.31 bits per heavy atom. The van der Waals surface area contributed by atoms with Crippen LogP contribution in [0.15, 0.2) is 65.8 Å². The largest absolute Gasteiger partial charge is 0.495 e. The van der Waals surface area contributed by atoms with E-state index in [1.807, 2.05) is 24.3 Å². The molecule has 0 heterocycles. The van der Waals surface area contributed by atoms with Gasteiger partial charge in [0.2, 0.25) is 0 Å². The second-order valence-corrected chi connectivity index (χ2v) is 6.81. The molecule has 0 saturated heterocycles. The SMILES string of the molecule is COc1ccc(N/N=C/c2ccc(OC)c(OCc3ccc(C)cc3)c2)cc1Cl. The summed E-state index contributed by atoms with van der Waals surface area (Å²) in [5.41, 5.74) is 6.90. The molecule has 0 unspecified atom stereocenters. The van der Waals surface area contributed by atoms with Crippen molar-refractivity contribution >= 4 is 23.5 Å². The molecule has 1 N–H and O–H groups in total. The van der Waals surface area contributed by atoms with Crippen molar-refractivity contribution in [3.8, 4) is 17.2 Å². The standard InChI is InChI=1S/C23H23ClN2O3/c1-16-4-6-17(7-5-16)15-29-23-12-18(8-10-22(23)28-3)14-25-26-19-9-11-21(27-2)20(24)13-19/h4-14,26H,15H2,1-3H3/b25-14+. The quantitative estimate of drug-likeness (QED) is 0.383. The van der Waals surface area contributed by atoms with Crippen LogP contribution in [0.25, 0.3) is 0 Å². The molecule has 3 aromatic carbocycles. The fourth-order valence-electron chi connectivity index (χ4n) is 2.65. The zero-order chi connectivity index (χ0) is 20.6. The summed E-state index contributed by atoms with van der Waals surface area (Å²) in [6.07, 6.45) is 1.70. The average Bonchev–Trinajstić information content (AvgIpc) is 2.73. The molecule has 6 heteroatoms. The first-order valence-corrected chi connectivity index (χ1v) is 9.46. The molecular weight excluding hydrogens is 388 g/mol. The Balaban J connectivity index is 1.68. The lowest BCUT2D eigenvalue weighted by Crippen LogP contribution is -1.99. The Hall–Kier alpha value is -3.18. The lowest BCUT2D eigenvalue weighted by molar-refractivity contribution is 0.284. The number of methoxy groups -OCH3 is 2. The van der Waals surface area contributed by atoms with Crippen LogP contribution in [0.4, 0.5) is 5.69 Å². The van der Waals surface area contributed by atoms with Gasteiger partial charge in [0.1, 0.15) is 12.4 Å². The van der Waals surface area contributed by atoms with Crippen LogP contribution in [0.1, 0.15) is 16.7 Å². The van der Waals surface area contributed by atoms with Crippen LogP contribution < -0.4 is 19.6 Å². The van der Waals surface area contributed by atoms with Gasteiger partial charge in [0.15, 0.2) is 11.5 Å². The molecule has 0 radical (unpaired) electrons. The van der Waals surface area contributed by atoms with Crippen molar-refractivity contribution in [3.05, 3.63) is 82.4 Å². The minimum absolute atomic E-state index is 0.458. The summed E-state index contributed by atoms with van der Waals surface area (Å²) in [6.45, 7) is 2.52. The van der Waals surface area contributed by atoms with E-state index in [2.05, 4.69) is 41.7 Å². The number of nitrogens with one attached hydrogen (secondary N) is 1. The van der Waals surface area contributed by atoms with Gasteiger partial charge in [0.05, 0.1) is 31.1 Å². The van der Waals surface area contributed by atoms with Crippen molar-refractivity contribution in [2.24, 2.45) is 5.10 Å². The second kappa shape index (κ2) is 9.85. The fraction of sp³-hybridized carbons (Fsp3) is 0.174. The first-order chi connectivity index (χ1) is 14.1. The van der Waals surface area contributed by atoms with Crippen molar-refractivity contribution in [1.82, 2.24) is 0 Å². The van der Waals surface area contributed by atoms with Gasteiger partial charge in [-0.15, -0.1) is 0 Å². The maximum atomic E-state index is 6.13. The van der Waals surface area contributed by atoms with Crippen LogP contribution in [0.2, 0.25) is 5.02 Å². The fourth-order valence-corrected chi connectivity index (χ4v) is 2.91. The van der Waals surface area contributed by atoms with E-state index in [0.717, 1.165) is 16.8 Å². The number of ether oxygens (including phenoxy) is 3. The molecular formula is C23H23ClN2O3. The van der Waals surface area contributed by atoms with Crippen LogP contribution >= 0.6 is 11.6 Å². The van der Waals surface area contributed by atoms with Gasteiger partial charge in [-0.2, -0.15) is 5.10 Å². The number of hydrogen-bond acceptors (Lipinski definition) is 5. The third-order valence-electron chi connectivity index (χ3n) is 4.26. The van der Waals surface area contributed by atoms with Gasteiger partial charge in [-0.05, 0) is 54.4 Å². The molecule has 0 saturated carbocycles. The number of nitrogens with zero attached hydrogens (tertiary/aromatic N) is 1. The number of anilines is 1. The molecule has 0 amide bonds. The van der Waals surface area contributed by atoms with Crippen LogP contribution in [0, 0.1) is 6.92 Å². The Morgan fingerprint density at radius 2 is 1.62 bits per heavy atom. The van der Waals surface area contributed by atoms with Gasteiger partial charge < -0.3 is 14.2 Å². The van der Waals surface area contributed by atoms with E-state index in [1.165, 1.54) is 5.56 Å². The lowest BCUT2D eigenvalue weighted by atomic mass is 10.1. The Kier molecular flexibility index (Phi) is 6.98. The van der Waals surface area contributed by atoms with E-state index in [-0.39, 0.29) is 0 Å². The molecule has 0 bridgehead atoms. The molecule has 3 aromatic rings. The van der Waals surface area contributed by atoms with E-state index in [0.29, 0.717) is 28.9 Å². The first-order valence-electron chi connectivity index (χ1n) is 9.08. The van der Waals surface area contributed by atoms with Crippen LogP contribution in [0.5, 0.6) is 17.2 Å². The van der Waals surface area contributed by atoms with Crippen molar-refractivity contribution in [1.29, 1.82) is 0 Å². The van der Waals surface area contributed by atoms with E-state index in [9.17, 15) is 0 Å². The maximum Gasteiger partial charge on any atom is 0.162 e. The molecule has 29 heavy (non-hydrogen) atoms. The average molecular weight is 411 g/mol. The van der Waals surface area contributed by atoms with E-state index in [1.54, 1.807) is 32.6 Å². The van der Waals surface area contributed by atoms with Crippen molar-refractivity contribution in [3.63, 3.8) is 0 Å². The van der Waals surface area contributed by atoms with Gasteiger partial charge >= 0.3 is 0 Å². The summed E-state index contributed by atoms with van der Waals surface area (Å²) < 4.78 is 16.5. The van der Waals surface area contributed by atoms with Crippen LogP contribution in [0.3, 0.4) is 0 Å². The van der Waals surface area contributed by atoms with Gasteiger partial charge in [0.25, 0.3) is 0 Å².